The van der Waals surface area contributed by atoms with E-state index in [-0.39, 0.29) is 5.25 Å². The predicted octanol–water partition coefficient (Wildman–Crippen LogP) is 3.12. The third-order valence-corrected chi connectivity index (χ3v) is 5.13. The van der Waals surface area contributed by atoms with E-state index in [1.165, 1.54) is 0 Å². The zero-order chi connectivity index (χ0) is 10.6. The summed E-state index contributed by atoms with van der Waals surface area (Å²) in [5.41, 5.74) is 0. The van der Waals surface area contributed by atoms with Crippen molar-refractivity contribution < 1.29 is 4.21 Å². The molecule has 80 valence electrons. The smallest absolute Gasteiger partial charge is 0.0470 e. The van der Waals surface area contributed by atoms with Gasteiger partial charge in [-0.15, -0.1) is 0 Å². The second-order valence-electron chi connectivity index (χ2n) is 4.56. The highest BCUT2D eigenvalue weighted by Gasteiger charge is 2.19. The molecule has 0 bridgehead atoms. The molecule has 0 aliphatic heterocycles. The van der Waals surface area contributed by atoms with Crippen molar-refractivity contribution in [1.82, 2.24) is 0 Å². The summed E-state index contributed by atoms with van der Waals surface area (Å²) in [7, 11) is -2.35. The molecule has 0 aliphatic rings. The molecule has 0 rings (SSSR count). The maximum absolute atomic E-state index is 11.9. The van der Waals surface area contributed by atoms with Gasteiger partial charge in [0.15, 0.2) is 0 Å². The molecule has 2 atom stereocenters. The van der Waals surface area contributed by atoms with Crippen LogP contribution in [0.3, 0.4) is 0 Å². The fourth-order valence-electron chi connectivity index (χ4n) is 1.04. The van der Waals surface area contributed by atoms with Crippen molar-refractivity contribution in [2.24, 2.45) is 11.8 Å². The monoisotopic (exact) mass is 205 g/mol. The second-order valence-corrected chi connectivity index (χ2v) is 7.17. The third-order valence-electron chi connectivity index (χ3n) is 2.54. The summed E-state index contributed by atoms with van der Waals surface area (Å²) in [4.78, 5) is 0. The molecule has 0 aromatic rings. The number of rotatable bonds is 5. The Morgan fingerprint density at radius 1 is 1.15 bits per heavy atom. The van der Waals surface area contributed by atoms with Gasteiger partial charge in [0.2, 0.25) is 0 Å². The van der Waals surface area contributed by atoms with E-state index in [9.17, 15) is 4.21 Å². The summed E-state index contributed by atoms with van der Waals surface area (Å²) in [6, 6.07) is 0. The average molecular weight is 205 g/mol. The van der Waals surface area contributed by atoms with Crippen molar-refractivity contribution in [2.75, 3.05) is 5.75 Å². The van der Waals surface area contributed by atoms with E-state index >= 15 is 0 Å². The minimum Gasteiger partial charge on any atom is -0.253 e. The minimum absolute atomic E-state index is 0.0197. The van der Waals surface area contributed by atoms with Crippen LogP contribution in [-0.2, 0) is 9.73 Å². The molecule has 2 nitrogen and oxygen atoms in total. The minimum atomic E-state index is -2.35. The van der Waals surface area contributed by atoms with E-state index in [1.807, 2.05) is 20.8 Å². The molecule has 0 radical (unpaired) electrons. The molecule has 0 fully saturated rings. The molecule has 0 spiro atoms. The SMILES string of the molecule is CC(C)CC[S@](=N)(=O)[C@H](C)C(C)C. The Hall–Kier alpha value is -0.0500. The van der Waals surface area contributed by atoms with E-state index in [0.717, 1.165) is 6.42 Å². The van der Waals surface area contributed by atoms with Crippen LogP contribution in [0.15, 0.2) is 0 Å². The third kappa shape index (κ3) is 4.65. The summed E-state index contributed by atoms with van der Waals surface area (Å²) in [6.07, 6.45) is 0.902. The molecule has 0 aromatic heterocycles. The Morgan fingerprint density at radius 3 is 1.92 bits per heavy atom. The van der Waals surface area contributed by atoms with Crippen LogP contribution in [0.25, 0.3) is 0 Å². The van der Waals surface area contributed by atoms with E-state index in [0.29, 0.717) is 17.6 Å². The van der Waals surface area contributed by atoms with E-state index in [2.05, 4.69) is 13.8 Å². The molecular weight excluding hydrogens is 182 g/mol. The van der Waals surface area contributed by atoms with Crippen LogP contribution in [0.4, 0.5) is 0 Å². The molecule has 0 aromatic carbocycles. The van der Waals surface area contributed by atoms with Crippen molar-refractivity contribution in [3.63, 3.8) is 0 Å². The number of nitrogens with one attached hydrogen (secondary N) is 1. The summed E-state index contributed by atoms with van der Waals surface area (Å²) in [6.45, 7) is 10.2. The average Bonchev–Trinajstić information content (AvgIpc) is 1.99. The lowest BCUT2D eigenvalue weighted by Crippen LogP contribution is -2.25. The highest BCUT2D eigenvalue weighted by atomic mass is 32.2. The van der Waals surface area contributed by atoms with Gasteiger partial charge in [-0.25, -0.2) is 4.21 Å². The lowest BCUT2D eigenvalue weighted by Gasteiger charge is -2.19. The molecule has 0 unspecified atom stereocenters. The van der Waals surface area contributed by atoms with Gasteiger partial charge in [-0.2, -0.15) is 0 Å². The molecule has 0 amide bonds. The van der Waals surface area contributed by atoms with Crippen LogP contribution in [0.5, 0.6) is 0 Å². The van der Waals surface area contributed by atoms with Gasteiger partial charge < -0.3 is 0 Å². The lowest BCUT2D eigenvalue weighted by molar-refractivity contribution is 0.580. The van der Waals surface area contributed by atoms with Crippen molar-refractivity contribution in [2.45, 2.75) is 46.3 Å². The van der Waals surface area contributed by atoms with Crippen LogP contribution >= 0.6 is 0 Å². The van der Waals surface area contributed by atoms with Gasteiger partial charge in [-0.3, -0.25) is 4.78 Å². The first-order valence-electron chi connectivity index (χ1n) is 5.02. The standard InChI is InChI=1S/C10H23NOS/c1-8(2)6-7-13(11,12)10(5)9(3)4/h8-11H,6-7H2,1-5H3/t10-,13+/m1/s1. The Morgan fingerprint density at radius 2 is 1.62 bits per heavy atom. The number of hydrogen-bond acceptors (Lipinski definition) is 2. The first-order valence-corrected chi connectivity index (χ1v) is 6.81. The topological polar surface area (TPSA) is 40.9 Å². The number of hydrogen-bond donors (Lipinski definition) is 1. The van der Waals surface area contributed by atoms with Crippen molar-refractivity contribution >= 4 is 9.73 Å². The van der Waals surface area contributed by atoms with Gasteiger partial charge in [0, 0.05) is 20.7 Å². The Kier molecular flexibility index (Phi) is 4.97. The van der Waals surface area contributed by atoms with Gasteiger partial charge in [0.1, 0.15) is 0 Å². The summed E-state index contributed by atoms with van der Waals surface area (Å²) >= 11 is 0. The van der Waals surface area contributed by atoms with Crippen molar-refractivity contribution in [3.8, 4) is 0 Å². The lowest BCUT2D eigenvalue weighted by atomic mass is 10.1. The molecule has 0 aliphatic carbocycles. The summed E-state index contributed by atoms with van der Waals surface area (Å²) in [5, 5.41) is 0.0197. The fraction of sp³-hybridized carbons (Fsp3) is 1.00. The largest absolute Gasteiger partial charge is 0.253 e. The second kappa shape index (κ2) is 4.99. The molecule has 1 N–H and O–H groups in total. The van der Waals surface area contributed by atoms with Crippen LogP contribution in [0.1, 0.15) is 41.0 Å². The molecule has 3 heteroatoms. The highest BCUT2D eigenvalue weighted by Crippen LogP contribution is 2.15. The molecular formula is C10H23NOS. The van der Waals surface area contributed by atoms with Gasteiger partial charge in [-0.1, -0.05) is 27.7 Å². The summed E-state index contributed by atoms with van der Waals surface area (Å²) < 4.78 is 19.7. The predicted molar refractivity (Wildman–Crippen MR) is 59.5 cm³/mol. The summed E-state index contributed by atoms with van der Waals surface area (Å²) in [5.74, 6) is 1.45. The van der Waals surface area contributed by atoms with E-state index in [1.54, 1.807) is 0 Å². The van der Waals surface area contributed by atoms with Gasteiger partial charge in [-0.05, 0) is 25.2 Å². The first kappa shape index (κ1) is 12.9. The van der Waals surface area contributed by atoms with Crippen LogP contribution in [0, 0.1) is 16.6 Å². The Bertz CT molecular complexity index is 229. The van der Waals surface area contributed by atoms with Crippen LogP contribution in [-0.4, -0.2) is 15.2 Å². The molecule has 0 saturated heterocycles. The zero-order valence-corrected chi connectivity index (χ0v) is 10.3. The Balaban J connectivity index is 4.24. The van der Waals surface area contributed by atoms with Gasteiger partial charge in [0.05, 0.1) is 0 Å². The molecule has 0 heterocycles. The Labute approximate surface area is 83.1 Å². The van der Waals surface area contributed by atoms with Crippen molar-refractivity contribution in [1.29, 1.82) is 4.78 Å². The normalized spacial score (nSPS) is 19.0. The van der Waals surface area contributed by atoms with Crippen molar-refractivity contribution in [3.05, 3.63) is 0 Å². The molecule has 0 saturated carbocycles. The van der Waals surface area contributed by atoms with Crippen LogP contribution < -0.4 is 0 Å². The van der Waals surface area contributed by atoms with Gasteiger partial charge >= 0.3 is 0 Å². The molecule has 13 heavy (non-hydrogen) atoms. The maximum atomic E-state index is 11.9. The fourth-order valence-corrected chi connectivity index (χ4v) is 3.11. The first-order chi connectivity index (χ1) is 5.77. The highest BCUT2D eigenvalue weighted by molar-refractivity contribution is 7.93. The quantitative estimate of drug-likeness (QED) is 0.736. The van der Waals surface area contributed by atoms with Crippen LogP contribution in [0.2, 0.25) is 0 Å². The van der Waals surface area contributed by atoms with E-state index in [4.69, 9.17) is 4.78 Å². The maximum Gasteiger partial charge on any atom is 0.0470 e. The zero-order valence-electron chi connectivity index (χ0n) is 9.46. The van der Waals surface area contributed by atoms with Gasteiger partial charge in [0.25, 0.3) is 0 Å². The van der Waals surface area contributed by atoms with E-state index < -0.39 is 9.73 Å².